The summed E-state index contributed by atoms with van der Waals surface area (Å²) in [4.78, 5) is -1.11. The normalized spacial score (nSPS) is 28.6. The van der Waals surface area contributed by atoms with Crippen LogP contribution in [0.25, 0.3) is 0 Å². The van der Waals surface area contributed by atoms with Crippen molar-refractivity contribution in [2.24, 2.45) is 0 Å². The van der Waals surface area contributed by atoms with E-state index in [9.17, 15) is 35.5 Å². The fraction of sp³-hybridized carbons (Fsp3) is 0.235. The van der Waals surface area contributed by atoms with Crippen LogP contribution in [-0.4, -0.2) is 25.0 Å². The number of benzene rings is 2. The van der Waals surface area contributed by atoms with Gasteiger partial charge in [-0.05, 0) is 24.3 Å². The van der Waals surface area contributed by atoms with Gasteiger partial charge in [0, 0.05) is 17.2 Å². The van der Waals surface area contributed by atoms with Crippen LogP contribution in [0.15, 0.2) is 35.2 Å². The number of halogens is 5. The van der Waals surface area contributed by atoms with Gasteiger partial charge in [-0.3, -0.25) is 0 Å². The molecule has 0 aromatic heterocycles. The van der Waals surface area contributed by atoms with Crippen LogP contribution in [0.5, 0.6) is 11.5 Å². The number of ether oxygens (including phenoxy) is 1. The van der Waals surface area contributed by atoms with E-state index in [2.05, 4.69) is 0 Å². The van der Waals surface area contributed by atoms with Crippen molar-refractivity contribution in [3.05, 3.63) is 52.8 Å². The number of hydrogen-bond acceptors (Lipinski definition) is 5. The molecule has 4 rings (SSSR count). The topological polar surface area (TPSA) is 87.4 Å². The molecule has 0 bridgehead atoms. The van der Waals surface area contributed by atoms with Crippen LogP contribution in [0.3, 0.4) is 0 Å². The van der Waals surface area contributed by atoms with E-state index in [-0.39, 0.29) is 11.3 Å². The van der Waals surface area contributed by atoms with Gasteiger partial charge in [-0.2, -0.15) is 14.0 Å². The maximum Gasteiger partial charge on any atom is 0.384 e. The maximum atomic E-state index is 14.5. The quantitative estimate of drug-likeness (QED) is 0.757. The first kappa shape index (κ1) is 18.6. The summed E-state index contributed by atoms with van der Waals surface area (Å²) in [6, 6.07) is 5.79. The summed E-state index contributed by atoms with van der Waals surface area (Å²) in [5, 5.41) is 14.1. The van der Waals surface area contributed by atoms with Gasteiger partial charge in [-0.1, -0.05) is 0 Å². The first-order chi connectivity index (χ1) is 13.0. The Kier molecular flexibility index (Phi) is 3.61. The molecule has 2 aliphatic rings. The molecule has 5 nitrogen and oxygen atoms in total. The molecule has 2 aromatic carbocycles. The fourth-order valence-electron chi connectivity index (χ4n) is 3.52. The van der Waals surface area contributed by atoms with E-state index in [4.69, 9.17) is 10.00 Å². The lowest BCUT2D eigenvalue weighted by molar-refractivity contribution is -0.170. The molecular weight excluding hydrogens is 409 g/mol. The molecule has 0 unspecified atom stereocenters. The largest absolute Gasteiger partial charge is 0.457 e. The molecule has 146 valence electrons. The maximum absolute atomic E-state index is 14.5. The smallest absolute Gasteiger partial charge is 0.384 e. The predicted molar refractivity (Wildman–Crippen MR) is 82.4 cm³/mol. The van der Waals surface area contributed by atoms with Gasteiger partial charge in [-0.15, -0.1) is 0 Å². The van der Waals surface area contributed by atoms with Gasteiger partial charge in [0.15, 0.2) is 12.3 Å². The van der Waals surface area contributed by atoms with Crippen molar-refractivity contribution in [1.82, 2.24) is 0 Å². The molecular formula is C17H8F5NO4S. The highest BCUT2D eigenvalue weighted by atomic mass is 32.2. The van der Waals surface area contributed by atoms with E-state index in [1.807, 2.05) is 0 Å². The van der Waals surface area contributed by atoms with Gasteiger partial charge >= 0.3 is 5.25 Å². The molecule has 0 fully saturated rings. The molecule has 0 spiro atoms. The van der Waals surface area contributed by atoms with Gasteiger partial charge in [0.2, 0.25) is 15.4 Å². The SMILES string of the molecule is N#Cc1cc(F)cc(Oc2ccc3c4c2[C@H](F)[C@H](F)[C@@]4(O)C(F)(F)S3(=O)=O)c1. The van der Waals surface area contributed by atoms with E-state index in [0.29, 0.717) is 6.07 Å². The minimum absolute atomic E-state index is 0.168. The number of sulfone groups is 1. The molecule has 1 aliphatic carbocycles. The standard InChI is InChI=1S/C17H8F5NO4S/c18-8-3-7(6-23)4-9(5-8)27-10-1-2-11-13-12(10)14(19)15(20)16(13,24)17(21,22)28(11,25)26/h1-5,14-15,24H/t14-,15-,16+/m0/s1. The lowest BCUT2D eigenvalue weighted by Crippen LogP contribution is -2.50. The summed E-state index contributed by atoms with van der Waals surface area (Å²) < 4.78 is 100. The summed E-state index contributed by atoms with van der Waals surface area (Å²) in [5.74, 6) is -1.82. The fourth-order valence-corrected chi connectivity index (χ4v) is 5.20. The average molecular weight is 417 g/mol. The lowest BCUT2D eigenvalue weighted by atomic mass is 9.95. The van der Waals surface area contributed by atoms with E-state index in [1.165, 1.54) is 0 Å². The van der Waals surface area contributed by atoms with Crippen LogP contribution in [0.1, 0.15) is 22.9 Å². The van der Waals surface area contributed by atoms with Crippen molar-refractivity contribution in [2.45, 2.75) is 28.1 Å². The number of nitriles is 1. The van der Waals surface area contributed by atoms with Gasteiger partial charge in [0.1, 0.15) is 17.3 Å². The number of alkyl halides is 4. The molecule has 11 heteroatoms. The van der Waals surface area contributed by atoms with Gasteiger partial charge in [-0.25, -0.2) is 21.6 Å². The highest BCUT2D eigenvalue weighted by Gasteiger charge is 2.78. The van der Waals surface area contributed by atoms with Gasteiger partial charge in [0.25, 0.3) is 0 Å². The molecule has 28 heavy (non-hydrogen) atoms. The molecule has 0 radical (unpaired) electrons. The summed E-state index contributed by atoms with van der Waals surface area (Å²) in [6.45, 7) is 0. The number of aliphatic hydroxyl groups is 1. The van der Waals surface area contributed by atoms with E-state index in [1.54, 1.807) is 6.07 Å². The average Bonchev–Trinajstić information content (AvgIpc) is 2.90. The Hall–Kier alpha value is -2.71. The zero-order chi connectivity index (χ0) is 20.6. The Morgan fingerprint density at radius 1 is 1.18 bits per heavy atom. The molecule has 0 amide bonds. The van der Waals surface area contributed by atoms with Crippen molar-refractivity contribution >= 4 is 9.84 Å². The summed E-state index contributed by atoms with van der Waals surface area (Å²) in [5.41, 5.74) is -6.11. The Balaban J connectivity index is 1.95. The summed E-state index contributed by atoms with van der Waals surface area (Å²) >= 11 is 0. The number of nitrogens with zero attached hydrogens (tertiary/aromatic N) is 1. The molecule has 0 saturated heterocycles. The van der Waals surface area contributed by atoms with E-state index >= 15 is 0 Å². The minimum atomic E-state index is -5.47. The van der Waals surface area contributed by atoms with Crippen molar-refractivity contribution in [3.63, 3.8) is 0 Å². The van der Waals surface area contributed by atoms with E-state index < -0.39 is 60.6 Å². The third-order valence-corrected chi connectivity index (χ3v) is 6.68. The zero-order valence-corrected chi connectivity index (χ0v) is 14.3. The van der Waals surface area contributed by atoms with Crippen LogP contribution in [0.4, 0.5) is 22.0 Å². The minimum Gasteiger partial charge on any atom is -0.457 e. The molecule has 1 N–H and O–H groups in total. The molecule has 3 atom stereocenters. The third kappa shape index (κ3) is 1.99. The molecule has 1 aliphatic heterocycles. The summed E-state index contributed by atoms with van der Waals surface area (Å²) in [6.07, 6.45) is -6.10. The zero-order valence-electron chi connectivity index (χ0n) is 13.5. The second kappa shape index (κ2) is 5.42. The van der Waals surface area contributed by atoms with Crippen LogP contribution < -0.4 is 4.74 Å². The second-order valence-corrected chi connectivity index (χ2v) is 8.29. The first-order valence-corrected chi connectivity index (χ1v) is 9.14. The van der Waals surface area contributed by atoms with Gasteiger partial charge < -0.3 is 9.84 Å². The van der Waals surface area contributed by atoms with Crippen molar-refractivity contribution in [1.29, 1.82) is 5.26 Å². The van der Waals surface area contributed by atoms with Crippen molar-refractivity contribution in [3.8, 4) is 17.6 Å². The first-order valence-electron chi connectivity index (χ1n) is 7.65. The highest BCUT2D eigenvalue weighted by molar-refractivity contribution is 7.93. The Morgan fingerprint density at radius 2 is 1.86 bits per heavy atom. The molecule has 0 saturated carbocycles. The monoisotopic (exact) mass is 417 g/mol. The van der Waals surface area contributed by atoms with Gasteiger partial charge in [0.05, 0.1) is 16.5 Å². The van der Waals surface area contributed by atoms with Crippen molar-refractivity contribution < 1.29 is 40.2 Å². The summed E-state index contributed by atoms with van der Waals surface area (Å²) in [7, 11) is -5.47. The lowest BCUT2D eigenvalue weighted by Gasteiger charge is -2.27. The van der Waals surface area contributed by atoms with E-state index in [0.717, 1.165) is 24.3 Å². The Morgan fingerprint density at radius 3 is 2.50 bits per heavy atom. The highest BCUT2D eigenvalue weighted by Crippen LogP contribution is 2.65. The third-order valence-electron chi connectivity index (χ3n) is 4.78. The molecule has 2 aromatic rings. The van der Waals surface area contributed by atoms with Crippen LogP contribution >= 0.6 is 0 Å². The van der Waals surface area contributed by atoms with Crippen LogP contribution in [0.2, 0.25) is 0 Å². The Labute approximate surface area is 154 Å². The van der Waals surface area contributed by atoms with Crippen LogP contribution in [-0.2, 0) is 15.4 Å². The second-order valence-electron chi connectivity index (χ2n) is 6.33. The molecule has 1 heterocycles. The predicted octanol–water partition coefficient (Wildman–Crippen LogP) is 3.42. The number of hydrogen-bond donors (Lipinski definition) is 1. The van der Waals surface area contributed by atoms with Crippen LogP contribution in [0, 0.1) is 17.1 Å². The number of rotatable bonds is 2. The van der Waals surface area contributed by atoms with Crippen molar-refractivity contribution in [2.75, 3.05) is 0 Å². The Bertz CT molecular complexity index is 1180.